The number of hydrogen-bond acceptors (Lipinski definition) is 9. The molecule has 11 heteroatoms. The Bertz CT molecular complexity index is 1350. The fraction of sp³-hybridized carbons (Fsp3) is 0.478. The van der Waals surface area contributed by atoms with Gasteiger partial charge in [0.05, 0.1) is 10.9 Å². The molecule has 34 heavy (non-hydrogen) atoms. The third kappa shape index (κ3) is 3.61. The van der Waals surface area contributed by atoms with E-state index in [1.54, 1.807) is 0 Å². The average Bonchev–Trinajstić information content (AvgIpc) is 3.19. The SMILES string of the molecule is Cc1nc(-c2c(-c3nn(C(C)C)c4ncnc(N)c34)noc2C2CC2)ncc1[C@H]1CCNC1.Cl. The van der Waals surface area contributed by atoms with Crippen molar-refractivity contribution in [3.05, 3.63) is 29.5 Å². The lowest BCUT2D eigenvalue weighted by Crippen LogP contribution is -2.10. The molecule has 0 unspecified atom stereocenters. The monoisotopic (exact) mass is 481 g/mol. The van der Waals surface area contributed by atoms with E-state index in [9.17, 15) is 0 Å². The molecule has 0 spiro atoms. The summed E-state index contributed by atoms with van der Waals surface area (Å²) in [6, 6.07) is 0.0894. The van der Waals surface area contributed by atoms with E-state index in [0.717, 1.165) is 49.4 Å². The molecule has 0 radical (unpaired) electrons. The number of rotatable bonds is 5. The lowest BCUT2D eigenvalue weighted by Gasteiger charge is -2.12. The van der Waals surface area contributed by atoms with E-state index in [0.29, 0.717) is 45.9 Å². The van der Waals surface area contributed by atoms with Crippen LogP contribution in [0.4, 0.5) is 5.82 Å². The van der Waals surface area contributed by atoms with Gasteiger partial charge >= 0.3 is 0 Å². The molecule has 0 aromatic carbocycles. The second kappa shape index (κ2) is 8.59. The van der Waals surface area contributed by atoms with Crippen molar-refractivity contribution < 1.29 is 4.52 Å². The number of nitrogens with one attached hydrogen (secondary N) is 1. The first-order valence-corrected chi connectivity index (χ1v) is 11.6. The van der Waals surface area contributed by atoms with Gasteiger partial charge in [0.2, 0.25) is 0 Å². The number of halogens is 1. The second-order valence-corrected chi connectivity index (χ2v) is 9.31. The van der Waals surface area contributed by atoms with Gasteiger partial charge in [-0.15, -0.1) is 12.4 Å². The van der Waals surface area contributed by atoms with Gasteiger partial charge in [-0.05, 0) is 52.1 Å². The molecule has 178 valence electrons. The highest BCUT2D eigenvalue weighted by atomic mass is 35.5. The predicted molar refractivity (Wildman–Crippen MR) is 131 cm³/mol. The van der Waals surface area contributed by atoms with Crippen LogP contribution in [0.2, 0.25) is 0 Å². The fourth-order valence-electron chi connectivity index (χ4n) is 4.74. The Labute approximate surface area is 203 Å². The molecule has 2 fully saturated rings. The number of nitrogens with two attached hydrogens (primary N) is 1. The Morgan fingerprint density at radius 3 is 2.62 bits per heavy atom. The minimum atomic E-state index is 0. The summed E-state index contributed by atoms with van der Waals surface area (Å²) in [5.74, 6) is 2.58. The Hall–Kier alpha value is -3.11. The molecule has 1 aliphatic carbocycles. The van der Waals surface area contributed by atoms with Gasteiger partial charge < -0.3 is 15.6 Å². The van der Waals surface area contributed by atoms with Crippen molar-refractivity contribution in [1.82, 2.24) is 40.2 Å². The molecule has 4 aromatic heterocycles. The zero-order valence-electron chi connectivity index (χ0n) is 19.4. The van der Waals surface area contributed by atoms with Crippen LogP contribution in [0.5, 0.6) is 0 Å². The zero-order chi connectivity index (χ0) is 22.7. The summed E-state index contributed by atoms with van der Waals surface area (Å²) >= 11 is 0. The molecule has 1 aliphatic heterocycles. The molecule has 10 nitrogen and oxygen atoms in total. The maximum Gasteiger partial charge on any atom is 0.165 e. The quantitative estimate of drug-likeness (QED) is 0.436. The molecular weight excluding hydrogens is 454 g/mol. The van der Waals surface area contributed by atoms with Crippen molar-refractivity contribution in [3.8, 4) is 22.8 Å². The number of fused-ring (bicyclic) bond motifs is 1. The molecule has 6 rings (SSSR count). The van der Waals surface area contributed by atoms with E-state index < -0.39 is 0 Å². The highest BCUT2D eigenvalue weighted by Gasteiger charge is 2.36. The molecule has 4 aromatic rings. The standard InChI is InChI=1S/C23H27N9O.ClH/c1-11(2)32-23-17(21(24)27-10-28-23)18(30-32)19-16(20(33-31-19)13-4-5-13)22-26-9-15(12(3)29-22)14-6-7-25-8-14;/h9-11,13-14,25H,4-8H2,1-3H3,(H2,24,27,28);1H/t14-;/m0./s1. The van der Waals surface area contributed by atoms with Gasteiger partial charge in [-0.3, -0.25) is 0 Å². The van der Waals surface area contributed by atoms with Crippen molar-refractivity contribution in [2.75, 3.05) is 18.8 Å². The molecule has 3 N–H and O–H groups in total. The molecule has 1 saturated heterocycles. The molecule has 2 aliphatic rings. The van der Waals surface area contributed by atoms with Gasteiger partial charge in [0.25, 0.3) is 0 Å². The van der Waals surface area contributed by atoms with Crippen LogP contribution in [0.1, 0.15) is 68.0 Å². The van der Waals surface area contributed by atoms with E-state index in [1.807, 2.05) is 10.9 Å². The Morgan fingerprint density at radius 1 is 1.12 bits per heavy atom. The Balaban J connectivity index is 0.00000241. The lowest BCUT2D eigenvalue weighted by molar-refractivity contribution is 0.386. The maximum absolute atomic E-state index is 6.29. The Kier molecular flexibility index (Phi) is 5.73. The van der Waals surface area contributed by atoms with E-state index >= 15 is 0 Å². The van der Waals surface area contributed by atoms with E-state index in [2.05, 4.69) is 41.2 Å². The van der Waals surface area contributed by atoms with Crippen molar-refractivity contribution >= 4 is 29.3 Å². The summed E-state index contributed by atoms with van der Waals surface area (Å²) in [6.45, 7) is 8.15. The highest BCUT2D eigenvalue weighted by molar-refractivity contribution is 6.00. The van der Waals surface area contributed by atoms with Gasteiger partial charge in [0.15, 0.2) is 17.2 Å². The summed E-state index contributed by atoms with van der Waals surface area (Å²) in [6.07, 6.45) is 6.67. The summed E-state index contributed by atoms with van der Waals surface area (Å²) in [7, 11) is 0. The minimum Gasteiger partial charge on any atom is -0.383 e. The zero-order valence-corrected chi connectivity index (χ0v) is 20.3. The first-order valence-electron chi connectivity index (χ1n) is 11.6. The third-order valence-electron chi connectivity index (χ3n) is 6.64. The van der Waals surface area contributed by atoms with Crippen LogP contribution in [0.25, 0.3) is 33.8 Å². The number of hydrogen-bond donors (Lipinski definition) is 2. The predicted octanol–water partition coefficient (Wildman–Crippen LogP) is 3.79. The topological polar surface area (TPSA) is 133 Å². The van der Waals surface area contributed by atoms with Gasteiger partial charge in [0.1, 0.15) is 23.5 Å². The molecule has 1 saturated carbocycles. The molecular formula is C23H28ClN9O. The van der Waals surface area contributed by atoms with Crippen LogP contribution < -0.4 is 11.1 Å². The first-order chi connectivity index (χ1) is 16.0. The first kappa shape index (κ1) is 22.7. The van der Waals surface area contributed by atoms with Crippen LogP contribution in [0.3, 0.4) is 0 Å². The van der Waals surface area contributed by atoms with E-state index in [-0.39, 0.29) is 18.4 Å². The van der Waals surface area contributed by atoms with E-state index in [1.165, 1.54) is 11.9 Å². The van der Waals surface area contributed by atoms with E-state index in [4.69, 9.17) is 25.3 Å². The van der Waals surface area contributed by atoms with Gasteiger partial charge in [0, 0.05) is 36.3 Å². The number of aryl methyl sites for hydroxylation is 1. The van der Waals surface area contributed by atoms with Crippen LogP contribution >= 0.6 is 12.4 Å². The molecule has 0 bridgehead atoms. The number of aromatic nitrogens is 7. The normalized spacial score (nSPS) is 18.1. The van der Waals surface area contributed by atoms with Crippen molar-refractivity contribution in [2.24, 2.45) is 0 Å². The number of nitrogen functional groups attached to an aromatic ring is 1. The van der Waals surface area contributed by atoms with Crippen LogP contribution in [0.15, 0.2) is 17.0 Å². The molecule has 5 heterocycles. The minimum absolute atomic E-state index is 0. The lowest BCUT2D eigenvalue weighted by atomic mass is 9.98. The van der Waals surface area contributed by atoms with Crippen LogP contribution in [0, 0.1) is 6.92 Å². The van der Waals surface area contributed by atoms with Crippen LogP contribution in [-0.2, 0) is 0 Å². The third-order valence-corrected chi connectivity index (χ3v) is 6.64. The number of nitrogens with zero attached hydrogens (tertiary/aromatic N) is 7. The van der Waals surface area contributed by atoms with Crippen molar-refractivity contribution in [3.63, 3.8) is 0 Å². The summed E-state index contributed by atoms with van der Waals surface area (Å²) in [4.78, 5) is 18.4. The Morgan fingerprint density at radius 2 is 1.94 bits per heavy atom. The number of anilines is 1. The molecule has 0 amide bonds. The van der Waals surface area contributed by atoms with Gasteiger partial charge in [-0.2, -0.15) is 5.10 Å². The summed E-state index contributed by atoms with van der Waals surface area (Å²) in [5.41, 5.74) is 11.2. The van der Waals surface area contributed by atoms with Crippen LogP contribution in [-0.4, -0.2) is 48.0 Å². The highest BCUT2D eigenvalue weighted by Crippen LogP contribution is 2.48. The van der Waals surface area contributed by atoms with Crippen molar-refractivity contribution in [1.29, 1.82) is 0 Å². The van der Waals surface area contributed by atoms with Gasteiger partial charge in [-0.1, -0.05) is 5.16 Å². The van der Waals surface area contributed by atoms with Crippen molar-refractivity contribution in [2.45, 2.75) is 57.9 Å². The second-order valence-electron chi connectivity index (χ2n) is 9.31. The fourth-order valence-corrected chi connectivity index (χ4v) is 4.74. The maximum atomic E-state index is 6.29. The summed E-state index contributed by atoms with van der Waals surface area (Å²) < 4.78 is 7.73. The molecule has 1 atom stereocenters. The summed E-state index contributed by atoms with van der Waals surface area (Å²) in [5, 5.41) is 13.4. The van der Waals surface area contributed by atoms with Gasteiger partial charge in [-0.25, -0.2) is 24.6 Å². The average molecular weight is 482 g/mol. The largest absolute Gasteiger partial charge is 0.383 e. The smallest absolute Gasteiger partial charge is 0.165 e.